The van der Waals surface area contributed by atoms with E-state index in [1.54, 1.807) is 0 Å². The Morgan fingerprint density at radius 2 is 2.12 bits per heavy atom. The average Bonchev–Trinajstić information content (AvgIpc) is 3.27. The Bertz CT molecular complexity index is 702. The Kier molecular flexibility index (Phi) is 4.19. The summed E-state index contributed by atoms with van der Waals surface area (Å²) >= 11 is 0. The highest BCUT2D eigenvalue weighted by molar-refractivity contribution is 6.01. The molecule has 6 nitrogen and oxygen atoms in total. The number of urea groups is 1. The third-order valence-corrected chi connectivity index (χ3v) is 5.82. The zero-order valence-electron chi connectivity index (χ0n) is 14.2. The monoisotopic (exact) mass is 341 g/mol. The molecule has 1 aromatic carbocycles. The second-order valence-corrected chi connectivity index (χ2v) is 7.53. The molecule has 0 radical (unpaired) electrons. The van der Waals surface area contributed by atoms with Gasteiger partial charge < -0.3 is 10.6 Å². The van der Waals surface area contributed by atoms with Gasteiger partial charge in [-0.3, -0.25) is 14.5 Å². The lowest BCUT2D eigenvalue weighted by molar-refractivity contribution is -0.125. The largest absolute Gasteiger partial charge is 0.329 e. The number of amides is 4. The zero-order chi connectivity index (χ0) is 17.4. The van der Waals surface area contributed by atoms with Gasteiger partial charge in [0, 0.05) is 12.1 Å². The van der Waals surface area contributed by atoms with E-state index in [0.29, 0.717) is 12.3 Å². The SMILES string of the molecule is O=C(C[C@@H]1C[C@H]2CC[C@H]1C2)Nc1cccc(CN2C(=O)CNC2=O)c1. The number of imide groups is 1. The molecule has 4 rings (SSSR count). The van der Waals surface area contributed by atoms with Gasteiger partial charge in [-0.05, 0) is 54.7 Å². The molecule has 25 heavy (non-hydrogen) atoms. The second kappa shape index (κ2) is 6.50. The van der Waals surface area contributed by atoms with E-state index in [1.807, 2.05) is 24.3 Å². The van der Waals surface area contributed by atoms with Gasteiger partial charge in [-0.1, -0.05) is 18.6 Å². The van der Waals surface area contributed by atoms with Crippen molar-refractivity contribution in [3.05, 3.63) is 29.8 Å². The highest BCUT2D eigenvalue weighted by Gasteiger charge is 2.40. The van der Waals surface area contributed by atoms with Crippen LogP contribution in [-0.4, -0.2) is 29.3 Å². The van der Waals surface area contributed by atoms with Gasteiger partial charge in [0.05, 0.1) is 13.1 Å². The maximum absolute atomic E-state index is 12.4. The first-order valence-corrected chi connectivity index (χ1v) is 9.05. The summed E-state index contributed by atoms with van der Waals surface area (Å²) in [6, 6.07) is 6.99. The quantitative estimate of drug-likeness (QED) is 0.808. The first kappa shape index (κ1) is 16.1. The summed E-state index contributed by atoms with van der Waals surface area (Å²) in [6.45, 7) is 0.277. The van der Waals surface area contributed by atoms with Crippen LogP contribution in [0.25, 0.3) is 0 Å². The van der Waals surface area contributed by atoms with Crippen molar-refractivity contribution < 1.29 is 14.4 Å². The van der Waals surface area contributed by atoms with Gasteiger partial charge in [-0.2, -0.15) is 0 Å². The first-order chi connectivity index (χ1) is 12.1. The third-order valence-electron chi connectivity index (χ3n) is 5.82. The fourth-order valence-corrected chi connectivity index (χ4v) is 4.62. The molecule has 2 saturated carbocycles. The van der Waals surface area contributed by atoms with E-state index in [0.717, 1.165) is 23.1 Å². The Morgan fingerprint density at radius 1 is 1.24 bits per heavy atom. The van der Waals surface area contributed by atoms with Crippen LogP contribution >= 0.6 is 0 Å². The summed E-state index contributed by atoms with van der Waals surface area (Å²) in [5.41, 5.74) is 1.54. The number of carbonyl (C=O) groups excluding carboxylic acids is 3. The molecule has 0 spiro atoms. The van der Waals surface area contributed by atoms with Gasteiger partial charge in [0.2, 0.25) is 11.8 Å². The molecular weight excluding hydrogens is 318 g/mol. The van der Waals surface area contributed by atoms with Gasteiger partial charge in [-0.15, -0.1) is 0 Å². The van der Waals surface area contributed by atoms with Gasteiger partial charge in [-0.25, -0.2) is 4.79 Å². The first-order valence-electron chi connectivity index (χ1n) is 9.05. The van der Waals surface area contributed by atoms with E-state index in [1.165, 1.54) is 30.6 Å². The lowest BCUT2D eigenvalue weighted by Crippen LogP contribution is -2.30. The minimum atomic E-state index is -0.365. The van der Waals surface area contributed by atoms with Crippen LogP contribution in [0.2, 0.25) is 0 Å². The van der Waals surface area contributed by atoms with Crippen LogP contribution in [0.1, 0.15) is 37.7 Å². The fourth-order valence-electron chi connectivity index (χ4n) is 4.62. The van der Waals surface area contributed by atoms with Crippen molar-refractivity contribution in [3.8, 4) is 0 Å². The van der Waals surface area contributed by atoms with E-state index in [4.69, 9.17) is 0 Å². The highest BCUT2D eigenvalue weighted by atomic mass is 16.2. The van der Waals surface area contributed by atoms with Crippen LogP contribution in [-0.2, 0) is 16.1 Å². The highest BCUT2D eigenvalue weighted by Crippen LogP contribution is 2.49. The molecule has 2 bridgehead atoms. The normalized spacial score (nSPS) is 27.7. The molecule has 2 N–H and O–H groups in total. The number of nitrogens with one attached hydrogen (secondary N) is 2. The van der Waals surface area contributed by atoms with E-state index < -0.39 is 0 Å². The number of fused-ring (bicyclic) bond motifs is 2. The Labute approximate surface area is 147 Å². The fraction of sp³-hybridized carbons (Fsp3) is 0.526. The summed E-state index contributed by atoms with van der Waals surface area (Å²) in [5, 5.41) is 5.48. The van der Waals surface area contributed by atoms with E-state index in [-0.39, 0.29) is 30.9 Å². The molecule has 3 atom stereocenters. The molecule has 1 saturated heterocycles. The Hall–Kier alpha value is -2.37. The van der Waals surface area contributed by atoms with E-state index in [9.17, 15) is 14.4 Å². The van der Waals surface area contributed by atoms with Crippen molar-refractivity contribution in [2.45, 2.75) is 38.6 Å². The van der Waals surface area contributed by atoms with Crippen molar-refractivity contribution in [2.75, 3.05) is 11.9 Å². The third kappa shape index (κ3) is 3.38. The maximum atomic E-state index is 12.4. The Morgan fingerprint density at radius 3 is 2.80 bits per heavy atom. The molecule has 132 valence electrons. The predicted octanol–water partition coefficient (Wildman–Crippen LogP) is 2.50. The minimum absolute atomic E-state index is 0.0544. The van der Waals surface area contributed by atoms with Crippen LogP contribution < -0.4 is 10.6 Å². The molecule has 1 aliphatic heterocycles. The zero-order valence-corrected chi connectivity index (χ0v) is 14.2. The van der Waals surface area contributed by atoms with Gasteiger partial charge in [0.1, 0.15) is 0 Å². The molecule has 3 fully saturated rings. The number of nitrogens with zero attached hydrogens (tertiary/aromatic N) is 1. The molecule has 3 aliphatic rings. The molecule has 0 aromatic heterocycles. The average molecular weight is 341 g/mol. The van der Waals surface area contributed by atoms with Crippen molar-refractivity contribution in [2.24, 2.45) is 17.8 Å². The molecule has 4 amide bonds. The molecule has 1 heterocycles. The van der Waals surface area contributed by atoms with E-state index >= 15 is 0 Å². The van der Waals surface area contributed by atoms with Crippen molar-refractivity contribution in [3.63, 3.8) is 0 Å². The van der Waals surface area contributed by atoms with Crippen LogP contribution in [0.15, 0.2) is 24.3 Å². The van der Waals surface area contributed by atoms with Gasteiger partial charge >= 0.3 is 6.03 Å². The smallest absolute Gasteiger partial charge is 0.324 e. The molecule has 2 aliphatic carbocycles. The molecule has 6 heteroatoms. The minimum Gasteiger partial charge on any atom is -0.329 e. The molecule has 0 unspecified atom stereocenters. The number of benzene rings is 1. The number of rotatable bonds is 5. The second-order valence-electron chi connectivity index (χ2n) is 7.53. The van der Waals surface area contributed by atoms with Crippen molar-refractivity contribution in [1.82, 2.24) is 10.2 Å². The van der Waals surface area contributed by atoms with Gasteiger partial charge in [0.25, 0.3) is 0 Å². The number of hydrogen-bond acceptors (Lipinski definition) is 3. The summed E-state index contributed by atoms with van der Waals surface area (Å²) in [7, 11) is 0. The lowest BCUT2D eigenvalue weighted by atomic mass is 9.86. The van der Waals surface area contributed by atoms with Crippen LogP contribution in [0.5, 0.6) is 0 Å². The molecule has 1 aromatic rings. The predicted molar refractivity (Wildman–Crippen MR) is 92.6 cm³/mol. The van der Waals surface area contributed by atoms with Crippen molar-refractivity contribution in [1.29, 1.82) is 0 Å². The van der Waals surface area contributed by atoms with Crippen LogP contribution in [0.3, 0.4) is 0 Å². The summed E-state index contributed by atoms with van der Waals surface area (Å²) < 4.78 is 0. The standard InChI is InChI=1S/C19H23N3O3/c23-17(9-15-7-12-4-5-14(15)6-12)21-16-3-1-2-13(8-16)11-22-18(24)10-20-19(22)25/h1-3,8,12,14-15H,4-7,9-11H2,(H,20,25)(H,21,23)/t12-,14-,15-/m0/s1. The molecular formula is C19H23N3O3. The summed E-state index contributed by atoms with van der Waals surface area (Å²) in [6.07, 6.45) is 5.72. The number of anilines is 1. The Balaban J connectivity index is 1.35. The summed E-state index contributed by atoms with van der Waals surface area (Å²) in [5.74, 6) is 1.95. The van der Waals surface area contributed by atoms with Crippen LogP contribution in [0, 0.1) is 17.8 Å². The van der Waals surface area contributed by atoms with Crippen LogP contribution in [0.4, 0.5) is 10.5 Å². The van der Waals surface area contributed by atoms with Crippen molar-refractivity contribution >= 4 is 23.5 Å². The number of hydrogen-bond donors (Lipinski definition) is 2. The van der Waals surface area contributed by atoms with Gasteiger partial charge in [0.15, 0.2) is 0 Å². The van der Waals surface area contributed by atoms with E-state index in [2.05, 4.69) is 10.6 Å². The summed E-state index contributed by atoms with van der Waals surface area (Å²) in [4.78, 5) is 36.9. The lowest BCUT2D eigenvalue weighted by Gasteiger charge is -2.21. The topological polar surface area (TPSA) is 78.5 Å². The number of carbonyl (C=O) groups is 3. The maximum Gasteiger partial charge on any atom is 0.324 e.